The van der Waals surface area contributed by atoms with Crippen LogP contribution in [0, 0.1) is 5.82 Å². The lowest BCUT2D eigenvalue weighted by molar-refractivity contribution is -0.274. The van der Waals surface area contributed by atoms with E-state index in [0.717, 1.165) is 33.6 Å². The number of alkyl halides is 3. The van der Waals surface area contributed by atoms with Crippen LogP contribution in [0.2, 0.25) is 0 Å². The number of aromatic nitrogens is 4. The molecule has 0 spiro atoms. The van der Waals surface area contributed by atoms with Crippen LogP contribution >= 0.6 is 0 Å². The lowest BCUT2D eigenvalue weighted by Gasteiger charge is -2.09. The van der Waals surface area contributed by atoms with Crippen molar-refractivity contribution in [2.75, 3.05) is 0 Å². The summed E-state index contributed by atoms with van der Waals surface area (Å²) >= 11 is 0. The summed E-state index contributed by atoms with van der Waals surface area (Å²) < 4.78 is 54.8. The average Bonchev–Trinajstić information content (AvgIpc) is 2.89. The number of amides is 1. The van der Waals surface area contributed by atoms with Gasteiger partial charge in [0.15, 0.2) is 5.82 Å². The maximum Gasteiger partial charge on any atom is 0.573 e. The molecule has 1 aromatic carbocycles. The van der Waals surface area contributed by atoms with E-state index in [2.05, 4.69) is 20.1 Å². The monoisotopic (exact) mass is 385 g/mol. The Morgan fingerprint density at radius 3 is 2.59 bits per heavy atom. The van der Waals surface area contributed by atoms with E-state index in [1.54, 1.807) is 0 Å². The molecule has 0 fully saturated rings. The van der Waals surface area contributed by atoms with Gasteiger partial charge in [0.05, 0.1) is 12.4 Å². The number of hydrogen-bond donors (Lipinski definition) is 1. The van der Waals surface area contributed by atoms with Crippen LogP contribution in [-0.2, 0) is 17.9 Å². The summed E-state index contributed by atoms with van der Waals surface area (Å²) in [7, 11) is 0. The highest BCUT2D eigenvalue weighted by Crippen LogP contribution is 2.22. The highest BCUT2D eigenvalue weighted by molar-refractivity contribution is 5.75. The van der Waals surface area contributed by atoms with Crippen LogP contribution in [-0.4, -0.2) is 31.4 Å². The Labute approximate surface area is 148 Å². The lowest BCUT2D eigenvalue weighted by Crippen LogP contribution is -2.32. The fourth-order valence-corrected chi connectivity index (χ4v) is 2.19. The first-order valence-electron chi connectivity index (χ1n) is 7.43. The molecule has 0 saturated carbocycles. The van der Waals surface area contributed by atoms with Gasteiger partial charge < -0.3 is 10.1 Å². The van der Waals surface area contributed by atoms with Gasteiger partial charge in [-0.15, -0.1) is 18.3 Å². The van der Waals surface area contributed by atoms with E-state index in [9.17, 15) is 27.2 Å². The van der Waals surface area contributed by atoms with E-state index < -0.39 is 30.3 Å². The Balaban J connectivity index is 1.60. The SMILES string of the molecule is O=C(Cn1nc2ncc(F)cn2c1=O)NCc1ccc(OC(F)(F)F)cc1. The first kappa shape index (κ1) is 18.4. The summed E-state index contributed by atoms with van der Waals surface area (Å²) in [6, 6.07) is 4.93. The van der Waals surface area contributed by atoms with Gasteiger partial charge in [-0.1, -0.05) is 12.1 Å². The lowest BCUT2D eigenvalue weighted by atomic mass is 10.2. The molecule has 0 aliphatic rings. The zero-order valence-electron chi connectivity index (χ0n) is 13.4. The summed E-state index contributed by atoms with van der Waals surface area (Å²) in [6.45, 7) is -0.417. The molecule has 0 atom stereocenters. The zero-order chi connectivity index (χ0) is 19.6. The van der Waals surface area contributed by atoms with Crippen molar-refractivity contribution < 1.29 is 27.1 Å². The second-order valence-corrected chi connectivity index (χ2v) is 5.35. The Bertz CT molecular complexity index is 1030. The van der Waals surface area contributed by atoms with Crippen LogP contribution in [0.5, 0.6) is 5.75 Å². The first-order valence-corrected chi connectivity index (χ1v) is 7.43. The number of hydrogen-bond acceptors (Lipinski definition) is 5. The van der Waals surface area contributed by atoms with Crippen LogP contribution in [0.1, 0.15) is 5.56 Å². The molecule has 0 unspecified atom stereocenters. The van der Waals surface area contributed by atoms with Gasteiger partial charge in [0.1, 0.15) is 12.3 Å². The van der Waals surface area contributed by atoms with Crippen molar-refractivity contribution in [2.24, 2.45) is 0 Å². The molecule has 27 heavy (non-hydrogen) atoms. The van der Waals surface area contributed by atoms with Crippen molar-refractivity contribution in [3.05, 3.63) is 58.5 Å². The average molecular weight is 385 g/mol. The van der Waals surface area contributed by atoms with Crippen molar-refractivity contribution in [3.63, 3.8) is 0 Å². The van der Waals surface area contributed by atoms with Crippen LogP contribution < -0.4 is 15.7 Å². The molecule has 0 radical (unpaired) electrons. The largest absolute Gasteiger partial charge is 0.573 e. The van der Waals surface area contributed by atoms with Gasteiger partial charge in [0.2, 0.25) is 5.91 Å². The summed E-state index contributed by atoms with van der Waals surface area (Å²) in [5, 5.41) is 6.29. The minimum Gasteiger partial charge on any atom is -0.406 e. The number of halogens is 4. The molecule has 3 rings (SSSR count). The number of carbonyl (C=O) groups is 1. The van der Waals surface area contributed by atoms with Gasteiger partial charge in [-0.2, -0.15) is 0 Å². The Kier molecular flexibility index (Phi) is 4.79. The van der Waals surface area contributed by atoms with E-state index in [4.69, 9.17) is 0 Å². The van der Waals surface area contributed by atoms with Gasteiger partial charge in [-0.05, 0) is 17.7 Å². The maximum atomic E-state index is 13.1. The predicted molar refractivity (Wildman–Crippen MR) is 82.2 cm³/mol. The molecular weight excluding hydrogens is 374 g/mol. The number of rotatable bonds is 5. The minimum atomic E-state index is -4.78. The van der Waals surface area contributed by atoms with Gasteiger partial charge in [-0.3, -0.25) is 4.79 Å². The molecule has 12 heteroatoms. The molecule has 0 bridgehead atoms. The van der Waals surface area contributed by atoms with Gasteiger partial charge >= 0.3 is 12.1 Å². The minimum absolute atomic E-state index is 0.0140. The van der Waals surface area contributed by atoms with Gasteiger partial charge in [0.25, 0.3) is 5.78 Å². The smallest absolute Gasteiger partial charge is 0.406 e. The summed E-state index contributed by atoms with van der Waals surface area (Å²) in [5.41, 5.74) is -0.218. The quantitative estimate of drug-likeness (QED) is 0.668. The van der Waals surface area contributed by atoms with Crippen molar-refractivity contribution in [1.29, 1.82) is 0 Å². The molecule has 8 nitrogen and oxygen atoms in total. The van der Waals surface area contributed by atoms with E-state index in [1.807, 2.05) is 0 Å². The molecule has 2 heterocycles. The van der Waals surface area contributed by atoms with E-state index >= 15 is 0 Å². The molecule has 142 valence electrons. The normalized spacial score (nSPS) is 11.6. The number of fused-ring (bicyclic) bond motifs is 1. The molecule has 0 aliphatic heterocycles. The zero-order valence-corrected chi connectivity index (χ0v) is 13.4. The van der Waals surface area contributed by atoms with Crippen molar-refractivity contribution in [3.8, 4) is 5.75 Å². The molecule has 0 saturated heterocycles. The highest BCUT2D eigenvalue weighted by Gasteiger charge is 2.30. The number of benzene rings is 1. The fraction of sp³-hybridized carbons (Fsp3) is 0.200. The highest BCUT2D eigenvalue weighted by atomic mass is 19.4. The topological polar surface area (TPSA) is 90.5 Å². The molecule has 2 aromatic heterocycles. The molecule has 3 aromatic rings. The predicted octanol–water partition coefficient (Wildman–Crippen LogP) is 1.25. The molecule has 1 amide bonds. The number of ether oxygens (including phenoxy) is 1. The molecule has 0 aliphatic carbocycles. The standard InChI is InChI=1S/C15H11F4N5O3/c16-10-6-21-13-22-24(14(26)23(13)7-10)8-12(25)20-5-9-1-3-11(4-2-9)27-15(17,18)19/h1-4,6-7H,5,8H2,(H,20,25). The van der Waals surface area contributed by atoms with Crippen LogP contribution in [0.4, 0.5) is 17.6 Å². The Morgan fingerprint density at radius 1 is 1.22 bits per heavy atom. The number of nitrogens with one attached hydrogen (secondary N) is 1. The Hall–Kier alpha value is -3.44. The van der Waals surface area contributed by atoms with E-state index in [1.165, 1.54) is 12.1 Å². The van der Waals surface area contributed by atoms with Crippen LogP contribution in [0.15, 0.2) is 41.5 Å². The van der Waals surface area contributed by atoms with Gasteiger partial charge in [-0.25, -0.2) is 23.3 Å². The second-order valence-electron chi connectivity index (χ2n) is 5.35. The number of nitrogens with zero attached hydrogens (tertiary/aromatic N) is 4. The summed E-state index contributed by atoms with van der Waals surface area (Å²) in [6.07, 6.45) is -3.00. The van der Waals surface area contributed by atoms with Crippen molar-refractivity contribution >= 4 is 11.7 Å². The van der Waals surface area contributed by atoms with Crippen LogP contribution in [0.3, 0.4) is 0 Å². The Morgan fingerprint density at radius 2 is 1.93 bits per heavy atom. The first-order chi connectivity index (χ1) is 12.7. The molecular formula is C15H11F4N5O3. The second kappa shape index (κ2) is 7.05. The third-order valence-corrected chi connectivity index (χ3v) is 3.35. The van der Waals surface area contributed by atoms with Crippen molar-refractivity contribution in [2.45, 2.75) is 19.5 Å². The molecule has 1 N–H and O–H groups in total. The third kappa shape index (κ3) is 4.59. The van der Waals surface area contributed by atoms with Gasteiger partial charge in [0, 0.05) is 6.54 Å². The fourth-order valence-electron chi connectivity index (χ4n) is 2.19. The number of carbonyl (C=O) groups excluding carboxylic acids is 1. The van der Waals surface area contributed by atoms with Crippen molar-refractivity contribution in [1.82, 2.24) is 24.5 Å². The third-order valence-electron chi connectivity index (χ3n) is 3.35. The summed E-state index contributed by atoms with van der Waals surface area (Å²) in [5.74, 6) is -1.74. The summed E-state index contributed by atoms with van der Waals surface area (Å²) in [4.78, 5) is 27.6. The maximum absolute atomic E-state index is 13.1. The van der Waals surface area contributed by atoms with E-state index in [0.29, 0.717) is 5.56 Å². The van der Waals surface area contributed by atoms with E-state index in [-0.39, 0.29) is 18.1 Å². The van der Waals surface area contributed by atoms with Crippen LogP contribution in [0.25, 0.3) is 5.78 Å².